The quantitative estimate of drug-likeness (QED) is 0.753. The van der Waals surface area contributed by atoms with Crippen LogP contribution in [0.5, 0.6) is 0 Å². The second-order valence-electron chi connectivity index (χ2n) is 4.49. The molecule has 0 radical (unpaired) electrons. The van der Waals surface area contributed by atoms with Crippen molar-refractivity contribution in [1.82, 2.24) is 9.38 Å². The maximum absolute atomic E-state index is 6.07. The molecule has 0 saturated heterocycles. The predicted octanol–water partition coefficient (Wildman–Crippen LogP) is 3.48. The van der Waals surface area contributed by atoms with E-state index < -0.39 is 0 Å². The number of fused-ring (bicyclic) bond motifs is 1. The highest BCUT2D eigenvalue weighted by molar-refractivity contribution is 7.80. The van der Waals surface area contributed by atoms with Crippen LogP contribution < -0.4 is 5.73 Å². The van der Waals surface area contributed by atoms with E-state index in [1.807, 2.05) is 53.1 Å². The number of halogens is 1. The van der Waals surface area contributed by atoms with E-state index in [2.05, 4.69) is 4.98 Å². The third-order valence-electron chi connectivity index (χ3n) is 3.07. The second-order valence-corrected chi connectivity index (χ2v) is 5.45. The number of aromatic nitrogens is 2. The molecular weight excluding hydrogens is 290 g/mol. The lowest BCUT2D eigenvalue weighted by molar-refractivity contribution is 1.07. The molecular formula is C15H12ClN3S. The normalized spacial score (nSPS) is 10.8. The number of pyridine rings is 1. The molecule has 0 fully saturated rings. The first-order valence-electron chi connectivity index (χ1n) is 6.15. The van der Waals surface area contributed by atoms with E-state index in [-0.39, 0.29) is 0 Å². The second kappa shape index (κ2) is 5.23. The minimum Gasteiger partial charge on any atom is -0.393 e. The molecule has 20 heavy (non-hydrogen) atoms. The fraction of sp³-hybridized carbons (Fsp3) is 0.0667. The summed E-state index contributed by atoms with van der Waals surface area (Å²) in [6.45, 7) is 0. The number of hydrogen-bond acceptors (Lipinski definition) is 2. The summed E-state index contributed by atoms with van der Waals surface area (Å²) in [7, 11) is 0. The zero-order valence-electron chi connectivity index (χ0n) is 10.6. The van der Waals surface area contributed by atoms with Gasteiger partial charge in [0.1, 0.15) is 5.65 Å². The zero-order chi connectivity index (χ0) is 14.1. The number of benzene rings is 1. The van der Waals surface area contributed by atoms with Gasteiger partial charge in [-0.05, 0) is 12.1 Å². The zero-order valence-corrected chi connectivity index (χ0v) is 12.2. The van der Waals surface area contributed by atoms with Gasteiger partial charge in [0.2, 0.25) is 0 Å². The van der Waals surface area contributed by atoms with Gasteiger partial charge in [-0.25, -0.2) is 4.98 Å². The molecule has 2 heterocycles. The Morgan fingerprint density at radius 1 is 1.20 bits per heavy atom. The minimum atomic E-state index is 0.434. The van der Waals surface area contributed by atoms with Gasteiger partial charge in [0.25, 0.3) is 0 Å². The molecule has 0 aliphatic carbocycles. The molecule has 0 amide bonds. The largest absolute Gasteiger partial charge is 0.393 e. The average Bonchev–Trinajstić information content (AvgIpc) is 2.77. The molecule has 2 aromatic heterocycles. The van der Waals surface area contributed by atoms with Crippen LogP contribution in [0.25, 0.3) is 16.9 Å². The molecule has 0 aliphatic rings. The number of imidazole rings is 1. The first-order valence-corrected chi connectivity index (χ1v) is 6.94. The molecule has 5 heteroatoms. The SMILES string of the molecule is NC(=S)Cc1c(-c2ccccc2)nc2ccc(Cl)cn12. The molecule has 1 aromatic carbocycles. The van der Waals surface area contributed by atoms with Gasteiger partial charge in [0.05, 0.1) is 21.4 Å². The van der Waals surface area contributed by atoms with Crippen LogP contribution in [0, 0.1) is 0 Å². The number of nitrogens with two attached hydrogens (primary N) is 1. The number of hydrogen-bond donors (Lipinski definition) is 1. The molecule has 0 saturated carbocycles. The standard InChI is InChI=1S/C15H12ClN3S/c16-11-6-7-14-18-15(10-4-2-1-3-5-10)12(8-13(17)20)19(14)9-11/h1-7,9H,8H2,(H2,17,20). The van der Waals surface area contributed by atoms with Crippen molar-refractivity contribution in [2.45, 2.75) is 6.42 Å². The van der Waals surface area contributed by atoms with Gasteiger partial charge in [0, 0.05) is 18.2 Å². The van der Waals surface area contributed by atoms with Crippen LogP contribution in [-0.2, 0) is 6.42 Å². The Hall–Kier alpha value is -1.91. The molecule has 0 unspecified atom stereocenters. The highest BCUT2D eigenvalue weighted by Crippen LogP contribution is 2.26. The monoisotopic (exact) mass is 301 g/mol. The Morgan fingerprint density at radius 2 is 1.95 bits per heavy atom. The van der Waals surface area contributed by atoms with E-state index in [0.717, 1.165) is 22.6 Å². The first kappa shape index (κ1) is 13.1. The Labute approximate surface area is 127 Å². The Morgan fingerprint density at radius 3 is 2.65 bits per heavy atom. The van der Waals surface area contributed by atoms with Crippen molar-refractivity contribution in [3.05, 3.63) is 59.4 Å². The van der Waals surface area contributed by atoms with E-state index in [4.69, 9.17) is 29.6 Å². The molecule has 3 rings (SSSR count). The Balaban J connectivity index is 2.28. The van der Waals surface area contributed by atoms with Crippen molar-refractivity contribution in [3.8, 4) is 11.3 Å². The van der Waals surface area contributed by atoms with Crippen LogP contribution in [0.15, 0.2) is 48.7 Å². The highest BCUT2D eigenvalue weighted by atomic mass is 35.5. The maximum atomic E-state index is 6.07. The summed E-state index contributed by atoms with van der Waals surface area (Å²) in [4.78, 5) is 5.10. The van der Waals surface area contributed by atoms with Gasteiger partial charge in [0.15, 0.2) is 0 Å². The predicted molar refractivity (Wildman–Crippen MR) is 86.1 cm³/mol. The molecule has 2 N–H and O–H groups in total. The molecule has 0 spiro atoms. The lowest BCUT2D eigenvalue weighted by atomic mass is 10.1. The summed E-state index contributed by atoms with van der Waals surface area (Å²) in [5, 5.41) is 0.652. The van der Waals surface area contributed by atoms with Crippen LogP contribution in [0.3, 0.4) is 0 Å². The van der Waals surface area contributed by atoms with Gasteiger partial charge in [-0.1, -0.05) is 54.2 Å². The van der Waals surface area contributed by atoms with Crippen LogP contribution in [-0.4, -0.2) is 14.4 Å². The summed E-state index contributed by atoms with van der Waals surface area (Å²) in [5.41, 5.74) is 9.44. The van der Waals surface area contributed by atoms with Crippen LogP contribution >= 0.6 is 23.8 Å². The summed E-state index contributed by atoms with van der Waals surface area (Å²) in [5.74, 6) is 0. The third-order valence-corrected chi connectivity index (χ3v) is 3.44. The smallest absolute Gasteiger partial charge is 0.137 e. The Bertz CT molecular complexity index is 780. The first-order chi connectivity index (χ1) is 9.65. The third kappa shape index (κ3) is 2.40. The molecule has 0 atom stereocenters. The van der Waals surface area contributed by atoms with Gasteiger partial charge in [-0.2, -0.15) is 0 Å². The number of nitrogens with zero attached hydrogens (tertiary/aromatic N) is 2. The van der Waals surface area contributed by atoms with Crippen molar-refractivity contribution < 1.29 is 0 Å². The minimum absolute atomic E-state index is 0.434. The topological polar surface area (TPSA) is 43.3 Å². The van der Waals surface area contributed by atoms with E-state index >= 15 is 0 Å². The number of rotatable bonds is 3. The summed E-state index contributed by atoms with van der Waals surface area (Å²) >= 11 is 11.1. The summed E-state index contributed by atoms with van der Waals surface area (Å²) < 4.78 is 1.95. The van der Waals surface area contributed by atoms with E-state index in [0.29, 0.717) is 16.4 Å². The fourth-order valence-electron chi connectivity index (χ4n) is 2.23. The number of thiocarbonyl (C=S) groups is 1. The van der Waals surface area contributed by atoms with Crippen molar-refractivity contribution in [2.75, 3.05) is 0 Å². The average molecular weight is 302 g/mol. The fourth-order valence-corrected chi connectivity index (χ4v) is 2.53. The lowest BCUT2D eigenvalue weighted by Crippen LogP contribution is -2.13. The molecule has 0 bridgehead atoms. The van der Waals surface area contributed by atoms with E-state index in [9.17, 15) is 0 Å². The van der Waals surface area contributed by atoms with Crippen LogP contribution in [0.4, 0.5) is 0 Å². The highest BCUT2D eigenvalue weighted by Gasteiger charge is 2.14. The molecule has 0 aliphatic heterocycles. The van der Waals surface area contributed by atoms with Crippen molar-refractivity contribution >= 4 is 34.5 Å². The van der Waals surface area contributed by atoms with Crippen LogP contribution in [0.1, 0.15) is 5.69 Å². The van der Waals surface area contributed by atoms with Gasteiger partial charge in [-0.3, -0.25) is 0 Å². The molecule has 100 valence electrons. The summed E-state index contributed by atoms with van der Waals surface area (Å²) in [6.07, 6.45) is 2.32. The molecule has 3 nitrogen and oxygen atoms in total. The van der Waals surface area contributed by atoms with Gasteiger partial charge >= 0.3 is 0 Å². The maximum Gasteiger partial charge on any atom is 0.137 e. The van der Waals surface area contributed by atoms with Gasteiger partial charge < -0.3 is 10.1 Å². The van der Waals surface area contributed by atoms with Crippen molar-refractivity contribution in [3.63, 3.8) is 0 Å². The lowest BCUT2D eigenvalue weighted by Gasteiger charge is -2.04. The molecule has 3 aromatic rings. The van der Waals surface area contributed by atoms with Crippen molar-refractivity contribution in [1.29, 1.82) is 0 Å². The van der Waals surface area contributed by atoms with Crippen molar-refractivity contribution in [2.24, 2.45) is 5.73 Å². The van der Waals surface area contributed by atoms with Crippen LogP contribution in [0.2, 0.25) is 5.02 Å². The Kier molecular flexibility index (Phi) is 3.42. The van der Waals surface area contributed by atoms with Gasteiger partial charge in [-0.15, -0.1) is 0 Å². The summed E-state index contributed by atoms with van der Waals surface area (Å²) in [6, 6.07) is 13.7. The van der Waals surface area contributed by atoms with E-state index in [1.54, 1.807) is 0 Å². The van der Waals surface area contributed by atoms with E-state index in [1.165, 1.54) is 0 Å².